The fourth-order valence-electron chi connectivity index (χ4n) is 3.85. The van der Waals surface area contributed by atoms with Crippen LogP contribution in [0.15, 0.2) is 55.0 Å². The van der Waals surface area contributed by atoms with Gasteiger partial charge in [-0.05, 0) is 37.0 Å². The van der Waals surface area contributed by atoms with E-state index in [4.69, 9.17) is 9.47 Å². The highest BCUT2D eigenvalue weighted by Gasteiger charge is 2.33. The maximum Gasteiger partial charge on any atom is 0.433 e. The largest absolute Gasteiger partial charge is 0.480 e. The number of aryl methyl sites for hydroxylation is 1. The number of alkyl halides is 3. The van der Waals surface area contributed by atoms with Crippen molar-refractivity contribution in [3.63, 3.8) is 0 Å². The Morgan fingerprint density at radius 1 is 0.944 bits per heavy atom. The molecule has 3 aromatic heterocycles. The molecule has 0 unspecified atom stereocenters. The Morgan fingerprint density at radius 3 is 2.42 bits per heavy atom. The van der Waals surface area contributed by atoms with Crippen LogP contribution in [0.2, 0.25) is 0 Å². The molecule has 1 fully saturated rings. The highest BCUT2D eigenvalue weighted by molar-refractivity contribution is 5.66. The van der Waals surface area contributed by atoms with Crippen LogP contribution in [0.1, 0.15) is 41.3 Å². The van der Waals surface area contributed by atoms with Crippen LogP contribution in [0.25, 0.3) is 22.6 Å². The molecule has 10 heteroatoms. The number of pyridine rings is 1. The van der Waals surface area contributed by atoms with Gasteiger partial charge in [-0.1, -0.05) is 30.3 Å². The maximum absolute atomic E-state index is 13.1. The van der Waals surface area contributed by atoms with Crippen molar-refractivity contribution in [2.75, 3.05) is 7.11 Å². The van der Waals surface area contributed by atoms with E-state index in [1.54, 1.807) is 50.6 Å². The average Bonchev–Trinajstić information content (AvgIpc) is 3.73. The van der Waals surface area contributed by atoms with Gasteiger partial charge in [-0.15, -0.1) is 0 Å². The summed E-state index contributed by atoms with van der Waals surface area (Å²) in [5.74, 6) is 1.55. The minimum Gasteiger partial charge on any atom is -0.480 e. The first-order valence-electron chi connectivity index (χ1n) is 11.3. The highest BCUT2D eigenvalue weighted by atomic mass is 19.4. The van der Waals surface area contributed by atoms with Crippen molar-refractivity contribution >= 4 is 0 Å². The second-order valence-electron chi connectivity index (χ2n) is 8.48. The summed E-state index contributed by atoms with van der Waals surface area (Å²) in [7, 11) is 1.54. The SMILES string of the molecule is COc1ncnc(C2CC2)c1-c1nccc(OCc2ccc(-c3nc(C(F)(F)F)ccc3C)cc2)n1. The molecule has 0 N–H and O–H groups in total. The van der Waals surface area contributed by atoms with Crippen molar-refractivity contribution in [1.82, 2.24) is 24.9 Å². The molecule has 0 atom stereocenters. The van der Waals surface area contributed by atoms with Crippen LogP contribution in [-0.2, 0) is 12.8 Å². The minimum absolute atomic E-state index is 0.212. The van der Waals surface area contributed by atoms with E-state index < -0.39 is 11.9 Å². The molecule has 0 amide bonds. The topological polar surface area (TPSA) is 82.9 Å². The zero-order valence-electron chi connectivity index (χ0n) is 19.6. The van der Waals surface area contributed by atoms with E-state index in [0.29, 0.717) is 45.9 Å². The summed E-state index contributed by atoms with van der Waals surface area (Å²) in [6, 6.07) is 11.1. The smallest absolute Gasteiger partial charge is 0.433 e. The Balaban J connectivity index is 1.33. The van der Waals surface area contributed by atoms with E-state index in [9.17, 15) is 13.2 Å². The Morgan fingerprint density at radius 2 is 1.72 bits per heavy atom. The van der Waals surface area contributed by atoms with E-state index in [2.05, 4.69) is 24.9 Å². The predicted octanol–water partition coefficient (Wildman–Crippen LogP) is 5.79. The molecule has 1 aliphatic rings. The van der Waals surface area contributed by atoms with Gasteiger partial charge in [0.25, 0.3) is 0 Å². The van der Waals surface area contributed by atoms with Crippen molar-refractivity contribution in [2.45, 2.75) is 38.5 Å². The molecule has 0 bridgehead atoms. The second kappa shape index (κ2) is 9.52. The highest BCUT2D eigenvalue weighted by Crippen LogP contribution is 2.44. The minimum atomic E-state index is -4.50. The molecule has 3 heterocycles. The first-order valence-corrected chi connectivity index (χ1v) is 11.3. The van der Waals surface area contributed by atoms with Gasteiger partial charge in [0.2, 0.25) is 11.8 Å². The Hall–Kier alpha value is -4.08. The third-order valence-corrected chi connectivity index (χ3v) is 5.85. The summed E-state index contributed by atoms with van der Waals surface area (Å²) in [6.45, 7) is 1.94. The van der Waals surface area contributed by atoms with Gasteiger partial charge < -0.3 is 9.47 Å². The quantitative estimate of drug-likeness (QED) is 0.322. The summed E-state index contributed by atoms with van der Waals surface area (Å²) in [6.07, 6.45) is 0.689. The van der Waals surface area contributed by atoms with E-state index >= 15 is 0 Å². The zero-order valence-corrected chi connectivity index (χ0v) is 19.6. The average molecular weight is 493 g/mol. The molecule has 1 saturated carbocycles. The van der Waals surface area contributed by atoms with Gasteiger partial charge in [0.1, 0.15) is 24.2 Å². The summed E-state index contributed by atoms with van der Waals surface area (Å²) >= 11 is 0. The lowest BCUT2D eigenvalue weighted by Crippen LogP contribution is -2.09. The van der Waals surface area contributed by atoms with Gasteiger partial charge in [-0.3, -0.25) is 0 Å². The van der Waals surface area contributed by atoms with Crippen LogP contribution in [0.3, 0.4) is 0 Å². The molecule has 1 aromatic carbocycles. The Bertz CT molecular complexity index is 1390. The van der Waals surface area contributed by atoms with Gasteiger partial charge in [0.15, 0.2) is 5.82 Å². The van der Waals surface area contributed by atoms with Crippen LogP contribution in [0, 0.1) is 6.92 Å². The van der Waals surface area contributed by atoms with E-state index in [-0.39, 0.29) is 6.61 Å². The molecular formula is C26H22F3N5O2. The number of ether oxygens (including phenoxy) is 2. The number of aromatic nitrogens is 5. The number of methoxy groups -OCH3 is 1. The molecule has 36 heavy (non-hydrogen) atoms. The summed E-state index contributed by atoms with van der Waals surface area (Å²) in [5.41, 5.74) is 2.99. The van der Waals surface area contributed by atoms with Crippen LogP contribution < -0.4 is 9.47 Å². The van der Waals surface area contributed by atoms with Crippen molar-refractivity contribution in [2.24, 2.45) is 0 Å². The Labute approximate surface area is 205 Å². The molecule has 1 aliphatic carbocycles. The number of rotatable bonds is 7. The number of halogens is 3. The molecule has 4 aromatic rings. The predicted molar refractivity (Wildman–Crippen MR) is 125 cm³/mol. The van der Waals surface area contributed by atoms with E-state index in [1.165, 1.54) is 12.4 Å². The van der Waals surface area contributed by atoms with E-state index in [1.807, 2.05) is 0 Å². The third kappa shape index (κ3) is 4.98. The van der Waals surface area contributed by atoms with Crippen molar-refractivity contribution in [3.8, 4) is 34.4 Å². The van der Waals surface area contributed by atoms with Gasteiger partial charge in [0.05, 0.1) is 18.5 Å². The van der Waals surface area contributed by atoms with Crippen LogP contribution in [0.5, 0.6) is 11.8 Å². The Kier molecular flexibility index (Phi) is 6.26. The standard InChI is InChI=1S/C26H22F3N5O2/c1-15-3-10-19(26(27,28)29)33-22(15)17-6-4-16(5-7-17)13-36-20-11-12-30-24(34-20)21-23(18-8-9-18)31-14-32-25(21)35-2/h3-7,10-12,14,18H,8-9,13H2,1-2H3. The van der Waals surface area contributed by atoms with Gasteiger partial charge in [-0.25, -0.2) is 19.9 Å². The normalized spacial score (nSPS) is 13.5. The lowest BCUT2D eigenvalue weighted by Gasteiger charge is -2.12. The third-order valence-electron chi connectivity index (χ3n) is 5.85. The number of hydrogen-bond donors (Lipinski definition) is 0. The summed E-state index contributed by atoms with van der Waals surface area (Å²) < 4.78 is 50.6. The molecular weight excluding hydrogens is 471 g/mol. The first-order chi connectivity index (χ1) is 17.3. The number of nitrogens with zero attached hydrogens (tertiary/aromatic N) is 5. The fourth-order valence-corrected chi connectivity index (χ4v) is 3.85. The molecule has 0 aliphatic heterocycles. The lowest BCUT2D eigenvalue weighted by molar-refractivity contribution is -0.141. The lowest BCUT2D eigenvalue weighted by atomic mass is 10.0. The zero-order chi connectivity index (χ0) is 25.3. The van der Waals surface area contributed by atoms with Crippen LogP contribution in [0.4, 0.5) is 13.2 Å². The number of hydrogen-bond acceptors (Lipinski definition) is 7. The first kappa shape index (κ1) is 23.7. The van der Waals surface area contributed by atoms with Crippen molar-refractivity contribution < 1.29 is 22.6 Å². The van der Waals surface area contributed by atoms with Crippen LogP contribution >= 0.6 is 0 Å². The second-order valence-corrected chi connectivity index (χ2v) is 8.48. The van der Waals surface area contributed by atoms with Crippen molar-refractivity contribution in [1.29, 1.82) is 0 Å². The molecule has 184 valence electrons. The molecule has 0 spiro atoms. The van der Waals surface area contributed by atoms with E-state index in [0.717, 1.165) is 30.2 Å². The summed E-state index contributed by atoms with van der Waals surface area (Å²) in [5, 5.41) is 0. The molecule has 7 nitrogen and oxygen atoms in total. The molecule has 0 radical (unpaired) electrons. The molecule has 0 saturated heterocycles. The van der Waals surface area contributed by atoms with Gasteiger partial charge >= 0.3 is 6.18 Å². The van der Waals surface area contributed by atoms with Crippen LogP contribution in [-0.4, -0.2) is 32.0 Å². The summed E-state index contributed by atoms with van der Waals surface area (Å²) in [4.78, 5) is 21.4. The van der Waals surface area contributed by atoms with Crippen molar-refractivity contribution in [3.05, 3.63) is 77.5 Å². The maximum atomic E-state index is 13.1. The van der Waals surface area contributed by atoms with Gasteiger partial charge in [-0.2, -0.15) is 18.2 Å². The monoisotopic (exact) mass is 493 g/mol. The van der Waals surface area contributed by atoms with Gasteiger partial charge in [0, 0.05) is 23.7 Å². The fraction of sp³-hybridized carbons (Fsp3) is 0.269. The number of benzene rings is 1. The molecule has 5 rings (SSSR count).